The molecule has 1 aliphatic carbocycles. The molecular formula is C18H28N2O4. The molecule has 0 aromatic heterocycles. The van der Waals surface area contributed by atoms with Crippen molar-refractivity contribution in [3.05, 3.63) is 17.7 Å². The number of anilines is 1. The van der Waals surface area contributed by atoms with Gasteiger partial charge in [0, 0.05) is 5.54 Å². The number of hydrogen-bond donors (Lipinski definition) is 2. The minimum atomic E-state index is -0.591. The zero-order valence-corrected chi connectivity index (χ0v) is 15.6. The third-order valence-corrected chi connectivity index (χ3v) is 4.43. The number of ether oxygens (including phenoxy) is 3. The average molecular weight is 336 g/mol. The van der Waals surface area contributed by atoms with Gasteiger partial charge in [0.05, 0.1) is 19.9 Å². The van der Waals surface area contributed by atoms with Gasteiger partial charge < -0.3 is 19.9 Å². The Kier molecular flexibility index (Phi) is 4.48. The normalized spacial score (nSPS) is 21.8. The van der Waals surface area contributed by atoms with E-state index in [0.29, 0.717) is 17.2 Å². The van der Waals surface area contributed by atoms with E-state index in [1.54, 1.807) is 7.11 Å². The molecule has 6 heteroatoms. The molecule has 1 aromatic carbocycles. The summed E-state index contributed by atoms with van der Waals surface area (Å²) >= 11 is 0. The molecule has 1 aromatic rings. The monoisotopic (exact) mass is 336 g/mol. The zero-order chi connectivity index (χ0) is 18.3. The van der Waals surface area contributed by atoms with Gasteiger partial charge in [-0.2, -0.15) is 0 Å². The highest BCUT2D eigenvalue weighted by atomic mass is 16.6. The van der Waals surface area contributed by atoms with Crippen LogP contribution in [-0.2, 0) is 10.3 Å². The van der Waals surface area contributed by atoms with E-state index in [9.17, 15) is 4.79 Å². The Hall–Kier alpha value is -1.95. The average Bonchev–Trinajstić information content (AvgIpc) is 2.95. The lowest BCUT2D eigenvalue weighted by atomic mass is 9.96. The molecule has 134 valence electrons. The van der Waals surface area contributed by atoms with E-state index in [4.69, 9.17) is 19.9 Å². The molecule has 1 atom stereocenters. The first-order valence-corrected chi connectivity index (χ1v) is 7.99. The van der Waals surface area contributed by atoms with E-state index in [2.05, 4.69) is 19.2 Å². The van der Waals surface area contributed by atoms with Crippen LogP contribution in [0.5, 0.6) is 11.5 Å². The summed E-state index contributed by atoms with van der Waals surface area (Å²) < 4.78 is 16.1. The summed E-state index contributed by atoms with van der Waals surface area (Å²) in [6.07, 6.45) is 0.308. The zero-order valence-electron chi connectivity index (χ0n) is 15.6. The van der Waals surface area contributed by atoms with Crippen LogP contribution in [0, 0.1) is 5.41 Å². The van der Waals surface area contributed by atoms with Gasteiger partial charge >= 0.3 is 6.09 Å². The number of amides is 1. The van der Waals surface area contributed by atoms with Crippen LogP contribution in [0.3, 0.4) is 0 Å². The Morgan fingerprint density at radius 3 is 2.21 bits per heavy atom. The van der Waals surface area contributed by atoms with Crippen molar-refractivity contribution in [1.82, 2.24) is 0 Å². The van der Waals surface area contributed by atoms with E-state index in [-0.39, 0.29) is 5.41 Å². The molecule has 6 nitrogen and oxygen atoms in total. The minimum absolute atomic E-state index is 0.00418. The molecule has 1 aliphatic rings. The molecule has 0 spiro atoms. The van der Waals surface area contributed by atoms with Crippen molar-refractivity contribution in [3.8, 4) is 11.5 Å². The molecule has 0 radical (unpaired) electrons. The Bertz CT molecular complexity index is 649. The molecule has 1 unspecified atom stereocenters. The Morgan fingerprint density at radius 1 is 1.21 bits per heavy atom. The van der Waals surface area contributed by atoms with Crippen LogP contribution in [-0.4, -0.2) is 25.9 Å². The quantitative estimate of drug-likeness (QED) is 0.877. The van der Waals surface area contributed by atoms with Gasteiger partial charge in [0.2, 0.25) is 0 Å². The van der Waals surface area contributed by atoms with Crippen LogP contribution >= 0.6 is 0 Å². The van der Waals surface area contributed by atoms with Crippen molar-refractivity contribution in [2.24, 2.45) is 11.1 Å². The first kappa shape index (κ1) is 18.4. The second-order valence-corrected chi connectivity index (χ2v) is 7.92. The molecule has 0 bridgehead atoms. The summed E-state index contributed by atoms with van der Waals surface area (Å²) in [4.78, 5) is 12.1. The second kappa shape index (κ2) is 5.84. The predicted molar refractivity (Wildman–Crippen MR) is 93.7 cm³/mol. The molecule has 24 heavy (non-hydrogen) atoms. The Morgan fingerprint density at radius 2 is 1.79 bits per heavy atom. The van der Waals surface area contributed by atoms with Gasteiger partial charge in [0.15, 0.2) is 11.5 Å². The van der Waals surface area contributed by atoms with Crippen molar-refractivity contribution in [1.29, 1.82) is 0 Å². The number of benzene rings is 1. The SMILES string of the molecule is COc1cc(C2(N)CC2(C)C)cc(NC(=O)OC(C)(C)C)c1OC. The lowest BCUT2D eigenvalue weighted by Gasteiger charge is -2.23. The molecule has 1 saturated carbocycles. The highest BCUT2D eigenvalue weighted by molar-refractivity contribution is 5.88. The molecule has 0 aliphatic heterocycles. The maximum atomic E-state index is 12.1. The van der Waals surface area contributed by atoms with Crippen molar-refractivity contribution in [2.45, 2.75) is 52.2 Å². The first-order valence-electron chi connectivity index (χ1n) is 7.99. The molecule has 3 N–H and O–H groups in total. The third kappa shape index (κ3) is 3.43. The van der Waals surface area contributed by atoms with E-state index in [1.807, 2.05) is 32.9 Å². The molecule has 0 saturated heterocycles. The second-order valence-electron chi connectivity index (χ2n) is 7.92. The van der Waals surface area contributed by atoms with Gasteiger partial charge in [-0.25, -0.2) is 4.79 Å². The van der Waals surface area contributed by atoms with Crippen LogP contribution in [0.25, 0.3) is 0 Å². The standard InChI is InChI=1S/C18H28N2O4/c1-16(2,3)24-15(21)20-12-8-11(18(19)10-17(18,4)5)9-13(22-6)14(12)23-7/h8-9H,10,19H2,1-7H3,(H,20,21). The maximum absolute atomic E-state index is 12.1. The summed E-state index contributed by atoms with van der Waals surface area (Å²) in [5.74, 6) is 0.961. The number of carbonyl (C=O) groups excluding carboxylic acids is 1. The van der Waals surface area contributed by atoms with Gasteiger partial charge in [-0.15, -0.1) is 0 Å². The largest absolute Gasteiger partial charge is 0.493 e. The fraction of sp³-hybridized carbons (Fsp3) is 0.611. The summed E-state index contributed by atoms with van der Waals surface area (Å²) in [5, 5.41) is 2.74. The number of nitrogens with one attached hydrogen (secondary N) is 1. The number of hydrogen-bond acceptors (Lipinski definition) is 5. The highest BCUT2D eigenvalue weighted by Gasteiger charge is 2.59. The van der Waals surface area contributed by atoms with Gasteiger partial charge in [0.1, 0.15) is 5.60 Å². The number of rotatable bonds is 4. The van der Waals surface area contributed by atoms with Gasteiger partial charge in [-0.05, 0) is 50.3 Å². The van der Waals surface area contributed by atoms with Crippen molar-refractivity contribution in [3.63, 3.8) is 0 Å². The number of methoxy groups -OCH3 is 2. The summed E-state index contributed by atoms with van der Waals surface area (Å²) in [6, 6.07) is 3.70. The van der Waals surface area contributed by atoms with E-state index in [0.717, 1.165) is 12.0 Å². The van der Waals surface area contributed by atoms with Crippen LogP contribution in [0.15, 0.2) is 12.1 Å². The fourth-order valence-corrected chi connectivity index (χ4v) is 2.87. The molecule has 1 amide bonds. The maximum Gasteiger partial charge on any atom is 0.412 e. The van der Waals surface area contributed by atoms with E-state index >= 15 is 0 Å². The smallest absolute Gasteiger partial charge is 0.412 e. The van der Waals surface area contributed by atoms with E-state index < -0.39 is 17.2 Å². The van der Waals surface area contributed by atoms with Crippen molar-refractivity contribution >= 4 is 11.8 Å². The Labute approximate surface area is 143 Å². The lowest BCUT2D eigenvalue weighted by molar-refractivity contribution is 0.0635. The van der Waals surface area contributed by atoms with Crippen LogP contribution < -0.4 is 20.5 Å². The molecular weight excluding hydrogens is 308 g/mol. The summed E-state index contributed by atoms with van der Waals surface area (Å²) in [5.41, 5.74) is 6.86. The van der Waals surface area contributed by atoms with Crippen molar-refractivity contribution in [2.75, 3.05) is 19.5 Å². The summed E-state index contributed by atoms with van der Waals surface area (Å²) in [7, 11) is 3.08. The number of carbonyl (C=O) groups is 1. The van der Waals surface area contributed by atoms with Crippen LogP contribution in [0.1, 0.15) is 46.6 Å². The fourth-order valence-electron chi connectivity index (χ4n) is 2.87. The van der Waals surface area contributed by atoms with Crippen LogP contribution in [0.4, 0.5) is 10.5 Å². The van der Waals surface area contributed by atoms with Crippen LogP contribution in [0.2, 0.25) is 0 Å². The summed E-state index contributed by atoms with van der Waals surface area (Å²) in [6.45, 7) is 9.66. The van der Waals surface area contributed by atoms with Crippen molar-refractivity contribution < 1.29 is 19.0 Å². The lowest BCUT2D eigenvalue weighted by Crippen LogP contribution is -2.28. The number of nitrogens with two attached hydrogens (primary N) is 1. The molecule has 1 fully saturated rings. The molecule has 2 rings (SSSR count). The minimum Gasteiger partial charge on any atom is -0.493 e. The topological polar surface area (TPSA) is 82.8 Å². The predicted octanol–water partition coefficient (Wildman–Crippen LogP) is 3.63. The van der Waals surface area contributed by atoms with Gasteiger partial charge in [0.25, 0.3) is 0 Å². The Balaban J connectivity index is 2.40. The van der Waals surface area contributed by atoms with Gasteiger partial charge in [-0.1, -0.05) is 13.8 Å². The third-order valence-electron chi connectivity index (χ3n) is 4.43. The van der Waals surface area contributed by atoms with E-state index in [1.165, 1.54) is 7.11 Å². The molecule has 0 heterocycles. The van der Waals surface area contributed by atoms with Gasteiger partial charge in [-0.3, -0.25) is 5.32 Å². The highest BCUT2D eigenvalue weighted by Crippen LogP contribution is 2.61. The first-order chi connectivity index (χ1) is 10.9.